The maximum absolute atomic E-state index is 8.33. The Bertz CT molecular complexity index is 33.8. The average molecular weight is 223 g/mol. The number of carboxylic acid groups (broad SMARTS) is 2. The third-order valence-electron chi connectivity index (χ3n) is 0. The van der Waals surface area contributed by atoms with Crippen molar-refractivity contribution in [2.75, 3.05) is 0 Å². The zero-order valence-corrected chi connectivity index (χ0v) is 5.07. The monoisotopic (exact) mass is 222 g/mol. The SMILES string of the molecule is O=C([O-])[O-].[Ag+].[Mn+2]. The fraction of sp³-hybridized carbons (Fsp3) is 0. The molecule has 0 aromatic carbocycles. The van der Waals surface area contributed by atoms with Gasteiger partial charge in [-0.2, -0.15) is 0 Å². The minimum atomic E-state index is -2.33. The molecule has 0 unspecified atom stereocenters. The summed E-state index contributed by atoms with van der Waals surface area (Å²) in [6.07, 6.45) is -2.33. The molecule has 5 heteroatoms. The number of rotatable bonds is 0. The van der Waals surface area contributed by atoms with Gasteiger partial charge in [-0.3, -0.25) is 0 Å². The van der Waals surface area contributed by atoms with E-state index in [9.17, 15) is 0 Å². The Morgan fingerprint density at radius 3 is 1.33 bits per heavy atom. The molecule has 6 heavy (non-hydrogen) atoms. The molecule has 0 rings (SSSR count). The zero-order chi connectivity index (χ0) is 3.58. The van der Waals surface area contributed by atoms with Crippen LogP contribution in [0.5, 0.6) is 0 Å². The van der Waals surface area contributed by atoms with Crippen molar-refractivity contribution in [3.05, 3.63) is 0 Å². The van der Waals surface area contributed by atoms with E-state index in [-0.39, 0.29) is 39.4 Å². The zero-order valence-electron chi connectivity index (χ0n) is 2.40. The number of carbonyl (C=O) groups is 1. The molecular weight excluding hydrogens is 223 g/mol. The fourth-order valence-electron chi connectivity index (χ4n) is 0. The summed E-state index contributed by atoms with van der Waals surface area (Å²) in [6, 6.07) is 0. The van der Waals surface area contributed by atoms with Crippen LogP contribution in [-0.4, -0.2) is 6.16 Å². The smallest absolute Gasteiger partial charge is 0.652 e. The minimum Gasteiger partial charge on any atom is -0.652 e. The van der Waals surface area contributed by atoms with E-state index in [1.165, 1.54) is 0 Å². The molecule has 3 nitrogen and oxygen atoms in total. The Labute approximate surface area is 60.7 Å². The van der Waals surface area contributed by atoms with Gasteiger partial charge in [0, 0.05) is 0 Å². The standard InChI is InChI=1S/CH2O3.Ag.Mn/c2-1(3)4;;/h(H2,2,3,4);;/q;+1;+2/p-2. The summed E-state index contributed by atoms with van der Waals surface area (Å²) in [4.78, 5) is 8.33. The molecule has 0 spiro atoms. The summed E-state index contributed by atoms with van der Waals surface area (Å²) < 4.78 is 0. The van der Waals surface area contributed by atoms with Crippen LogP contribution in [0.3, 0.4) is 0 Å². The Morgan fingerprint density at radius 2 is 1.33 bits per heavy atom. The van der Waals surface area contributed by atoms with Crippen LogP contribution >= 0.6 is 0 Å². The quantitative estimate of drug-likeness (QED) is 0.428. The van der Waals surface area contributed by atoms with Crippen LogP contribution in [-0.2, 0) is 39.4 Å². The normalized spacial score (nSPS) is 4.00. The summed E-state index contributed by atoms with van der Waals surface area (Å²) in [6.45, 7) is 0. The van der Waals surface area contributed by atoms with Crippen LogP contribution in [0, 0.1) is 0 Å². The van der Waals surface area contributed by atoms with Gasteiger partial charge in [-0.25, -0.2) is 0 Å². The second-order valence-corrected chi connectivity index (χ2v) is 0.250. The van der Waals surface area contributed by atoms with Gasteiger partial charge >= 0.3 is 39.4 Å². The van der Waals surface area contributed by atoms with Crippen LogP contribution in [0.4, 0.5) is 4.79 Å². The van der Waals surface area contributed by atoms with Crippen molar-refractivity contribution in [1.29, 1.82) is 0 Å². The van der Waals surface area contributed by atoms with E-state index in [2.05, 4.69) is 0 Å². The summed E-state index contributed by atoms with van der Waals surface area (Å²) >= 11 is 0. The van der Waals surface area contributed by atoms with E-state index in [1.54, 1.807) is 0 Å². The van der Waals surface area contributed by atoms with E-state index in [4.69, 9.17) is 15.0 Å². The Kier molecular flexibility index (Phi) is 24.3. The van der Waals surface area contributed by atoms with E-state index in [0.29, 0.717) is 0 Å². The van der Waals surface area contributed by atoms with Crippen molar-refractivity contribution in [2.24, 2.45) is 0 Å². The van der Waals surface area contributed by atoms with Crippen LogP contribution in [0.25, 0.3) is 0 Å². The first-order valence-electron chi connectivity index (χ1n) is 0.612. The first-order valence-corrected chi connectivity index (χ1v) is 0.612. The molecule has 0 aliphatic carbocycles. The van der Waals surface area contributed by atoms with Crippen LogP contribution in [0.2, 0.25) is 0 Å². The van der Waals surface area contributed by atoms with Gasteiger partial charge in [-0.1, -0.05) is 0 Å². The van der Waals surface area contributed by atoms with Gasteiger partial charge < -0.3 is 15.0 Å². The molecule has 1 radical (unpaired) electrons. The van der Waals surface area contributed by atoms with Gasteiger partial charge in [0.1, 0.15) is 0 Å². The predicted octanol–water partition coefficient (Wildman–Crippen LogP) is -2.45. The third kappa shape index (κ3) is 201. The largest absolute Gasteiger partial charge is 2.00 e. The summed E-state index contributed by atoms with van der Waals surface area (Å²) in [5.41, 5.74) is 0. The second kappa shape index (κ2) is 9.11. The van der Waals surface area contributed by atoms with E-state index in [1.807, 2.05) is 0 Å². The number of hydrogen-bond acceptors (Lipinski definition) is 3. The molecule has 0 bridgehead atoms. The predicted molar refractivity (Wildman–Crippen MR) is 5.40 cm³/mol. The Morgan fingerprint density at radius 1 is 1.33 bits per heavy atom. The van der Waals surface area contributed by atoms with Crippen molar-refractivity contribution in [3.63, 3.8) is 0 Å². The summed E-state index contributed by atoms with van der Waals surface area (Å²) in [7, 11) is 0. The number of carbonyl (C=O) groups excluding carboxylic acids is 1. The Hall–Kier alpha value is 0.530. The molecular formula is CAgMnO3+. The first-order chi connectivity index (χ1) is 1.73. The van der Waals surface area contributed by atoms with Gasteiger partial charge in [0.2, 0.25) is 0 Å². The molecule has 0 saturated carbocycles. The molecule has 0 aromatic rings. The first kappa shape index (κ1) is 16.0. The minimum absolute atomic E-state index is 0. The molecule has 39 valence electrons. The molecule has 0 atom stereocenters. The molecule has 0 heterocycles. The van der Waals surface area contributed by atoms with E-state index < -0.39 is 6.16 Å². The van der Waals surface area contributed by atoms with Gasteiger partial charge in [-0.15, -0.1) is 0 Å². The van der Waals surface area contributed by atoms with Gasteiger partial charge in [0.05, 0.1) is 0 Å². The van der Waals surface area contributed by atoms with Gasteiger partial charge in [0.15, 0.2) is 0 Å². The van der Waals surface area contributed by atoms with Gasteiger partial charge in [0.25, 0.3) is 0 Å². The van der Waals surface area contributed by atoms with Crippen molar-refractivity contribution in [2.45, 2.75) is 0 Å². The Balaban J connectivity index is -0.0000000450. The second-order valence-electron chi connectivity index (χ2n) is 0.250. The van der Waals surface area contributed by atoms with E-state index in [0.717, 1.165) is 0 Å². The molecule has 0 aromatic heterocycles. The van der Waals surface area contributed by atoms with Crippen molar-refractivity contribution in [3.8, 4) is 0 Å². The summed E-state index contributed by atoms with van der Waals surface area (Å²) in [5, 5.41) is 16.7. The molecule has 0 aliphatic rings. The molecule has 0 aliphatic heterocycles. The topological polar surface area (TPSA) is 63.2 Å². The van der Waals surface area contributed by atoms with Crippen LogP contribution in [0.15, 0.2) is 0 Å². The maximum Gasteiger partial charge on any atom is 2.00 e. The average Bonchev–Trinajstić information content (AvgIpc) is 0.811. The van der Waals surface area contributed by atoms with Crippen LogP contribution < -0.4 is 10.2 Å². The number of hydrogen-bond donors (Lipinski definition) is 0. The molecule has 0 amide bonds. The summed E-state index contributed by atoms with van der Waals surface area (Å²) in [5.74, 6) is 0. The fourth-order valence-corrected chi connectivity index (χ4v) is 0. The third-order valence-corrected chi connectivity index (χ3v) is 0. The maximum atomic E-state index is 8.33. The molecule has 0 saturated heterocycles. The van der Waals surface area contributed by atoms with Crippen LogP contribution in [0.1, 0.15) is 0 Å². The van der Waals surface area contributed by atoms with Crippen molar-refractivity contribution in [1.82, 2.24) is 0 Å². The van der Waals surface area contributed by atoms with Crippen molar-refractivity contribution < 1.29 is 54.5 Å². The van der Waals surface area contributed by atoms with Gasteiger partial charge in [-0.05, 0) is 6.16 Å². The molecule has 0 fully saturated rings. The van der Waals surface area contributed by atoms with E-state index >= 15 is 0 Å². The molecule has 0 N–H and O–H groups in total. The van der Waals surface area contributed by atoms with Crippen molar-refractivity contribution >= 4 is 6.16 Å².